The Hall–Kier alpha value is -3.43. The number of hydrogen-bond acceptors (Lipinski definition) is 6. The van der Waals surface area contributed by atoms with Gasteiger partial charge in [-0.2, -0.15) is 0 Å². The maximum Gasteiger partial charge on any atom is 0.250 e. The number of fused-ring (bicyclic) bond motifs is 1. The minimum Gasteiger partial charge on any atom is -0.494 e. The van der Waals surface area contributed by atoms with Crippen molar-refractivity contribution in [1.29, 1.82) is 0 Å². The number of nitrogens with one attached hydrogen (secondary N) is 2. The van der Waals surface area contributed by atoms with Crippen LogP contribution in [0.25, 0.3) is 0 Å². The van der Waals surface area contributed by atoms with Crippen molar-refractivity contribution in [1.82, 2.24) is 4.90 Å². The smallest absolute Gasteiger partial charge is 0.250 e. The number of amides is 3. The van der Waals surface area contributed by atoms with Crippen LogP contribution in [-0.4, -0.2) is 64.2 Å². The van der Waals surface area contributed by atoms with E-state index in [1.807, 2.05) is 59.7 Å². The van der Waals surface area contributed by atoms with Crippen LogP contribution in [0.2, 0.25) is 0 Å². The van der Waals surface area contributed by atoms with Gasteiger partial charge in [0, 0.05) is 11.4 Å². The Morgan fingerprint density at radius 2 is 1.71 bits per heavy atom. The SMILES string of the molecule is CCOc1ccc(NC(=O)[C@@H]2[C@H]3C(=O)N([C@@H](CO)C(C)C)C(C(=O)Nc4c(C)cccc4C)C34CC[C@@]2(CC)O4)cc1. The summed E-state index contributed by atoms with van der Waals surface area (Å²) in [6, 6.07) is 11.3. The van der Waals surface area contributed by atoms with Crippen molar-refractivity contribution >= 4 is 29.1 Å². The van der Waals surface area contributed by atoms with Crippen LogP contribution in [0.15, 0.2) is 42.5 Å². The standard InChI is InChI=1S/C33H43N3O6/c1-7-32-16-17-33(42-32)26(25(32)29(38)34-22-12-14-23(15-13-22)41-8-2)31(40)36(24(18-37)19(3)4)28(33)30(39)35-27-20(5)10-9-11-21(27)6/h9-15,19,24-26,28,37H,7-8,16-18H2,1-6H3,(H,34,38)(H,35,39)/t24-,25-,26-,28?,32+,33?/m0/s1. The second-order valence-corrected chi connectivity index (χ2v) is 12.3. The molecule has 0 aliphatic carbocycles. The van der Waals surface area contributed by atoms with Crippen LogP contribution < -0.4 is 15.4 Å². The lowest BCUT2D eigenvalue weighted by molar-refractivity contribution is -0.149. The topological polar surface area (TPSA) is 117 Å². The van der Waals surface area contributed by atoms with Gasteiger partial charge in [-0.05, 0) is 81.3 Å². The number of benzene rings is 2. The molecule has 2 bridgehead atoms. The van der Waals surface area contributed by atoms with Crippen LogP contribution in [0, 0.1) is 31.6 Å². The highest BCUT2D eigenvalue weighted by Gasteiger charge is 2.79. The molecule has 3 fully saturated rings. The lowest BCUT2D eigenvalue weighted by atomic mass is 9.65. The normalized spacial score (nSPS) is 28.6. The second-order valence-electron chi connectivity index (χ2n) is 12.3. The van der Waals surface area contributed by atoms with Gasteiger partial charge in [0.15, 0.2) is 0 Å². The zero-order valence-corrected chi connectivity index (χ0v) is 25.4. The molecule has 3 N–H and O–H groups in total. The Morgan fingerprint density at radius 3 is 2.29 bits per heavy atom. The Balaban J connectivity index is 1.55. The summed E-state index contributed by atoms with van der Waals surface area (Å²) in [4.78, 5) is 44.4. The molecule has 2 unspecified atom stereocenters. The molecule has 3 saturated heterocycles. The van der Waals surface area contributed by atoms with Crippen molar-refractivity contribution in [3.05, 3.63) is 53.6 Å². The Labute approximate surface area is 248 Å². The molecule has 9 heteroatoms. The van der Waals surface area contributed by atoms with E-state index >= 15 is 0 Å². The van der Waals surface area contributed by atoms with Crippen molar-refractivity contribution in [2.75, 3.05) is 23.8 Å². The lowest BCUT2D eigenvalue weighted by Gasteiger charge is -2.38. The minimum absolute atomic E-state index is 0.127. The number of carbonyl (C=O) groups is 3. The molecule has 3 amide bonds. The Morgan fingerprint density at radius 1 is 1.05 bits per heavy atom. The molecule has 0 saturated carbocycles. The first-order chi connectivity index (χ1) is 20.0. The van der Waals surface area contributed by atoms with Gasteiger partial charge in [0.05, 0.1) is 36.7 Å². The third-order valence-corrected chi connectivity index (χ3v) is 9.63. The van der Waals surface area contributed by atoms with E-state index < -0.39 is 35.1 Å². The van der Waals surface area contributed by atoms with E-state index in [0.717, 1.165) is 11.1 Å². The van der Waals surface area contributed by atoms with E-state index in [9.17, 15) is 19.5 Å². The van der Waals surface area contributed by atoms with Crippen molar-refractivity contribution in [2.45, 2.75) is 84.1 Å². The largest absolute Gasteiger partial charge is 0.494 e. The number of carbonyl (C=O) groups excluding carboxylic acids is 3. The van der Waals surface area contributed by atoms with Gasteiger partial charge in [-0.1, -0.05) is 39.0 Å². The number of para-hydroxylation sites is 1. The van der Waals surface area contributed by atoms with Gasteiger partial charge in [0.1, 0.15) is 17.4 Å². The van der Waals surface area contributed by atoms with Gasteiger partial charge < -0.3 is 30.1 Å². The van der Waals surface area contributed by atoms with Gasteiger partial charge in [-0.3, -0.25) is 14.4 Å². The van der Waals surface area contributed by atoms with Crippen LogP contribution in [0.3, 0.4) is 0 Å². The molecule has 9 nitrogen and oxygen atoms in total. The van der Waals surface area contributed by atoms with Gasteiger partial charge in [-0.15, -0.1) is 0 Å². The van der Waals surface area contributed by atoms with Crippen LogP contribution >= 0.6 is 0 Å². The first kappa shape index (κ1) is 30.0. The molecule has 3 aliphatic rings. The van der Waals surface area contributed by atoms with Crippen molar-refractivity contribution in [3.8, 4) is 5.75 Å². The molecular formula is C33H43N3O6. The molecule has 0 radical (unpaired) electrons. The van der Waals surface area contributed by atoms with E-state index in [1.165, 1.54) is 4.90 Å². The maximum absolute atomic E-state index is 14.5. The molecular weight excluding hydrogens is 534 g/mol. The van der Waals surface area contributed by atoms with Crippen LogP contribution in [0.5, 0.6) is 5.75 Å². The lowest BCUT2D eigenvalue weighted by Crippen LogP contribution is -2.57. The fraction of sp³-hybridized carbons (Fsp3) is 0.545. The van der Waals surface area contributed by atoms with Crippen LogP contribution in [-0.2, 0) is 19.1 Å². The quantitative estimate of drug-likeness (QED) is 0.384. The maximum atomic E-state index is 14.5. The molecule has 0 aromatic heterocycles. The summed E-state index contributed by atoms with van der Waals surface area (Å²) in [6.45, 7) is 11.8. The number of hydrogen-bond donors (Lipinski definition) is 3. The van der Waals surface area contributed by atoms with E-state index in [1.54, 1.807) is 24.3 Å². The predicted octanol–water partition coefficient (Wildman–Crippen LogP) is 4.45. The second kappa shape index (κ2) is 11.3. The molecule has 3 aliphatic heterocycles. The number of aliphatic hydroxyl groups is 1. The zero-order chi connectivity index (χ0) is 30.4. The summed E-state index contributed by atoms with van der Waals surface area (Å²) in [7, 11) is 0. The average Bonchev–Trinajstić information content (AvgIpc) is 3.56. The molecule has 2 aromatic carbocycles. The fourth-order valence-corrected chi connectivity index (χ4v) is 7.56. The first-order valence-corrected chi connectivity index (χ1v) is 15.1. The zero-order valence-electron chi connectivity index (χ0n) is 25.4. The molecule has 6 atom stereocenters. The summed E-state index contributed by atoms with van der Waals surface area (Å²) in [5.41, 5.74) is 1.05. The van der Waals surface area contributed by atoms with Gasteiger partial charge >= 0.3 is 0 Å². The average molecular weight is 578 g/mol. The van der Waals surface area contributed by atoms with E-state index in [-0.39, 0.29) is 30.2 Å². The molecule has 226 valence electrons. The number of aryl methyl sites for hydroxylation is 2. The number of ether oxygens (including phenoxy) is 2. The molecule has 1 spiro atoms. The van der Waals surface area contributed by atoms with Gasteiger partial charge in [0.2, 0.25) is 17.7 Å². The van der Waals surface area contributed by atoms with Crippen molar-refractivity contribution < 1.29 is 29.0 Å². The minimum atomic E-state index is -1.18. The fourth-order valence-electron chi connectivity index (χ4n) is 7.56. The number of nitrogens with zero attached hydrogens (tertiary/aromatic N) is 1. The number of aliphatic hydroxyl groups excluding tert-OH is 1. The Kier molecular flexibility index (Phi) is 8.11. The van der Waals surface area contributed by atoms with E-state index in [2.05, 4.69) is 10.6 Å². The summed E-state index contributed by atoms with van der Waals surface area (Å²) in [5.74, 6) is -2.04. The third kappa shape index (κ3) is 4.67. The van der Waals surface area contributed by atoms with E-state index in [0.29, 0.717) is 43.0 Å². The number of rotatable bonds is 10. The first-order valence-electron chi connectivity index (χ1n) is 15.1. The van der Waals surface area contributed by atoms with Crippen molar-refractivity contribution in [3.63, 3.8) is 0 Å². The predicted molar refractivity (Wildman–Crippen MR) is 160 cm³/mol. The highest BCUT2D eigenvalue weighted by atomic mass is 16.5. The summed E-state index contributed by atoms with van der Waals surface area (Å²) >= 11 is 0. The third-order valence-electron chi connectivity index (χ3n) is 9.63. The molecule has 5 rings (SSSR count). The molecule has 3 heterocycles. The van der Waals surface area contributed by atoms with Crippen molar-refractivity contribution in [2.24, 2.45) is 17.8 Å². The highest BCUT2D eigenvalue weighted by Crippen LogP contribution is 2.64. The van der Waals surface area contributed by atoms with E-state index in [4.69, 9.17) is 9.47 Å². The Bertz CT molecular complexity index is 1340. The number of anilines is 2. The summed E-state index contributed by atoms with van der Waals surface area (Å²) in [5, 5.41) is 16.6. The molecule has 2 aromatic rings. The van der Waals surface area contributed by atoms with Gasteiger partial charge in [0.25, 0.3) is 0 Å². The van der Waals surface area contributed by atoms with Crippen LogP contribution in [0.4, 0.5) is 11.4 Å². The highest BCUT2D eigenvalue weighted by molar-refractivity contribution is 6.05. The monoisotopic (exact) mass is 577 g/mol. The van der Waals surface area contributed by atoms with Gasteiger partial charge in [-0.25, -0.2) is 0 Å². The molecule has 42 heavy (non-hydrogen) atoms. The summed E-state index contributed by atoms with van der Waals surface area (Å²) in [6.07, 6.45) is 1.56. The van der Waals surface area contributed by atoms with Crippen LogP contribution in [0.1, 0.15) is 58.1 Å². The number of likely N-dealkylation sites (tertiary alicyclic amines) is 1. The summed E-state index contributed by atoms with van der Waals surface area (Å²) < 4.78 is 12.4.